The molecular formula is C20H22N4OS2. The van der Waals surface area contributed by atoms with Crippen molar-refractivity contribution in [2.45, 2.75) is 44.6 Å². The standard InChI is InChI=1S/C20H22N4OS2/c1-13(2)8-10-23-18(25)17-16(9-11-26-17)24-19(23)21-22-20(24)27-12-15-6-4-14(3)5-7-15/h4-7,9,11,13H,8,10,12H2,1-3H3. The van der Waals surface area contributed by atoms with Crippen molar-refractivity contribution in [3.05, 3.63) is 57.2 Å². The van der Waals surface area contributed by atoms with Crippen LogP contribution in [-0.4, -0.2) is 19.2 Å². The lowest BCUT2D eigenvalue weighted by molar-refractivity contribution is 0.512. The molecule has 3 heterocycles. The van der Waals surface area contributed by atoms with Crippen LogP contribution in [0.25, 0.3) is 16.0 Å². The minimum absolute atomic E-state index is 0.0376. The van der Waals surface area contributed by atoms with Crippen LogP contribution in [0.4, 0.5) is 0 Å². The number of nitrogens with zero attached hydrogens (tertiary/aromatic N) is 4. The number of aromatic nitrogens is 4. The van der Waals surface area contributed by atoms with Gasteiger partial charge in [-0.1, -0.05) is 55.4 Å². The Morgan fingerprint density at radius 2 is 1.93 bits per heavy atom. The zero-order valence-electron chi connectivity index (χ0n) is 15.7. The molecule has 0 saturated heterocycles. The summed E-state index contributed by atoms with van der Waals surface area (Å²) in [6.45, 7) is 7.08. The van der Waals surface area contributed by atoms with Crippen molar-refractivity contribution in [1.82, 2.24) is 19.2 Å². The van der Waals surface area contributed by atoms with Crippen LogP contribution in [-0.2, 0) is 12.3 Å². The van der Waals surface area contributed by atoms with E-state index < -0.39 is 0 Å². The van der Waals surface area contributed by atoms with Crippen LogP contribution in [0.1, 0.15) is 31.4 Å². The molecule has 4 rings (SSSR count). The van der Waals surface area contributed by atoms with Crippen molar-refractivity contribution >= 4 is 39.1 Å². The van der Waals surface area contributed by atoms with Crippen LogP contribution in [0.15, 0.2) is 45.7 Å². The Bertz CT molecular complexity index is 1140. The van der Waals surface area contributed by atoms with Gasteiger partial charge in [-0.25, -0.2) is 0 Å². The zero-order chi connectivity index (χ0) is 19.0. The van der Waals surface area contributed by atoms with Crippen LogP contribution in [0.2, 0.25) is 0 Å². The first kappa shape index (κ1) is 18.3. The molecule has 0 bridgehead atoms. The molecule has 5 nitrogen and oxygen atoms in total. The molecule has 27 heavy (non-hydrogen) atoms. The molecule has 1 aromatic carbocycles. The summed E-state index contributed by atoms with van der Waals surface area (Å²) in [7, 11) is 0. The first-order valence-electron chi connectivity index (χ1n) is 9.08. The van der Waals surface area contributed by atoms with E-state index in [-0.39, 0.29) is 5.56 Å². The molecule has 0 atom stereocenters. The fourth-order valence-corrected chi connectivity index (χ4v) is 4.73. The average molecular weight is 399 g/mol. The summed E-state index contributed by atoms with van der Waals surface area (Å²) in [5, 5.41) is 11.6. The van der Waals surface area contributed by atoms with E-state index >= 15 is 0 Å². The van der Waals surface area contributed by atoms with Gasteiger partial charge in [0.2, 0.25) is 5.78 Å². The second-order valence-electron chi connectivity index (χ2n) is 7.17. The fraction of sp³-hybridized carbons (Fsp3) is 0.350. The van der Waals surface area contributed by atoms with Crippen molar-refractivity contribution in [3.8, 4) is 0 Å². The Morgan fingerprint density at radius 3 is 2.67 bits per heavy atom. The van der Waals surface area contributed by atoms with Gasteiger partial charge in [-0.05, 0) is 36.3 Å². The molecule has 0 amide bonds. The molecule has 0 unspecified atom stereocenters. The maximum absolute atomic E-state index is 12.9. The Labute approximate surface area is 166 Å². The van der Waals surface area contributed by atoms with Gasteiger partial charge in [0.05, 0.1) is 5.52 Å². The minimum atomic E-state index is 0.0376. The quantitative estimate of drug-likeness (QED) is 0.440. The number of rotatable bonds is 6. The fourth-order valence-electron chi connectivity index (χ4n) is 3.01. The maximum atomic E-state index is 12.9. The third kappa shape index (κ3) is 3.53. The Hall–Kier alpha value is -2.12. The molecule has 0 radical (unpaired) electrons. The van der Waals surface area contributed by atoms with E-state index in [0.717, 1.165) is 27.5 Å². The maximum Gasteiger partial charge on any atom is 0.272 e. The average Bonchev–Trinajstić information content (AvgIpc) is 3.28. The van der Waals surface area contributed by atoms with Crippen molar-refractivity contribution in [3.63, 3.8) is 0 Å². The zero-order valence-corrected chi connectivity index (χ0v) is 17.3. The van der Waals surface area contributed by atoms with Gasteiger partial charge in [0.1, 0.15) is 4.70 Å². The molecule has 140 valence electrons. The van der Waals surface area contributed by atoms with Crippen molar-refractivity contribution in [2.75, 3.05) is 0 Å². The third-order valence-corrected chi connectivity index (χ3v) is 6.49. The summed E-state index contributed by atoms with van der Waals surface area (Å²) in [6, 6.07) is 10.5. The number of hydrogen-bond acceptors (Lipinski definition) is 5. The summed E-state index contributed by atoms with van der Waals surface area (Å²) in [5.41, 5.74) is 3.44. The highest BCUT2D eigenvalue weighted by Crippen LogP contribution is 2.26. The third-order valence-electron chi connectivity index (χ3n) is 4.60. The number of thiophene rings is 1. The molecule has 0 aliphatic carbocycles. The Balaban J connectivity index is 1.76. The Kier molecular flexibility index (Phi) is 5.06. The van der Waals surface area contributed by atoms with E-state index in [2.05, 4.69) is 55.2 Å². The van der Waals surface area contributed by atoms with Gasteiger partial charge in [0, 0.05) is 12.3 Å². The number of aryl methyl sites for hydroxylation is 2. The highest BCUT2D eigenvalue weighted by Gasteiger charge is 2.18. The molecule has 0 spiro atoms. The first-order valence-corrected chi connectivity index (χ1v) is 10.9. The molecule has 0 saturated carbocycles. The van der Waals surface area contributed by atoms with E-state index in [0.29, 0.717) is 18.2 Å². The van der Waals surface area contributed by atoms with Gasteiger partial charge >= 0.3 is 0 Å². The summed E-state index contributed by atoms with van der Waals surface area (Å²) in [5.74, 6) is 1.98. The largest absolute Gasteiger partial charge is 0.276 e. The van der Waals surface area contributed by atoms with Crippen molar-refractivity contribution < 1.29 is 0 Å². The monoisotopic (exact) mass is 398 g/mol. The van der Waals surface area contributed by atoms with E-state index in [1.807, 2.05) is 15.8 Å². The lowest BCUT2D eigenvalue weighted by Crippen LogP contribution is -2.23. The van der Waals surface area contributed by atoms with Crippen LogP contribution >= 0.6 is 23.1 Å². The molecule has 7 heteroatoms. The van der Waals surface area contributed by atoms with Crippen LogP contribution in [0.5, 0.6) is 0 Å². The first-order chi connectivity index (χ1) is 13.0. The van der Waals surface area contributed by atoms with Crippen molar-refractivity contribution in [1.29, 1.82) is 0 Å². The van der Waals surface area contributed by atoms with Gasteiger partial charge in [0.25, 0.3) is 5.56 Å². The lowest BCUT2D eigenvalue weighted by atomic mass is 10.1. The molecule has 0 aliphatic heterocycles. The summed E-state index contributed by atoms with van der Waals surface area (Å²) in [6.07, 6.45) is 0.936. The van der Waals surface area contributed by atoms with Crippen LogP contribution in [0.3, 0.4) is 0 Å². The smallest absolute Gasteiger partial charge is 0.272 e. The molecule has 0 aliphatic rings. The summed E-state index contributed by atoms with van der Waals surface area (Å²) in [4.78, 5) is 12.9. The number of fused-ring (bicyclic) bond motifs is 3. The molecular weight excluding hydrogens is 376 g/mol. The second kappa shape index (κ2) is 7.48. The molecule has 0 fully saturated rings. The second-order valence-corrected chi connectivity index (χ2v) is 9.03. The highest BCUT2D eigenvalue weighted by atomic mass is 32.2. The number of hydrogen-bond donors (Lipinski definition) is 0. The number of benzene rings is 1. The Morgan fingerprint density at radius 1 is 1.15 bits per heavy atom. The molecule has 0 N–H and O–H groups in total. The number of thioether (sulfide) groups is 1. The van der Waals surface area contributed by atoms with Gasteiger partial charge in [-0.2, -0.15) is 0 Å². The van der Waals surface area contributed by atoms with E-state index in [9.17, 15) is 4.79 Å². The lowest BCUT2D eigenvalue weighted by Gasteiger charge is -2.10. The predicted molar refractivity (Wildman–Crippen MR) is 113 cm³/mol. The summed E-state index contributed by atoms with van der Waals surface area (Å²) < 4.78 is 4.58. The van der Waals surface area contributed by atoms with Gasteiger partial charge in [-0.15, -0.1) is 21.5 Å². The minimum Gasteiger partial charge on any atom is -0.276 e. The van der Waals surface area contributed by atoms with Gasteiger partial charge < -0.3 is 0 Å². The predicted octanol–water partition coefficient (Wildman–Crippen LogP) is 4.75. The molecule has 3 aromatic heterocycles. The molecule has 4 aromatic rings. The van der Waals surface area contributed by atoms with E-state index in [1.165, 1.54) is 22.5 Å². The van der Waals surface area contributed by atoms with Gasteiger partial charge in [-0.3, -0.25) is 13.8 Å². The SMILES string of the molecule is Cc1ccc(CSc2nnc3n(CCC(C)C)c(=O)c4sccc4n23)cc1. The normalized spacial score (nSPS) is 11.9. The topological polar surface area (TPSA) is 52.2 Å². The van der Waals surface area contributed by atoms with E-state index in [1.54, 1.807) is 16.3 Å². The highest BCUT2D eigenvalue weighted by molar-refractivity contribution is 7.98. The summed E-state index contributed by atoms with van der Waals surface area (Å²) >= 11 is 3.14. The van der Waals surface area contributed by atoms with Gasteiger partial charge in [0.15, 0.2) is 5.16 Å². The van der Waals surface area contributed by atoms with Crippen LogP contribution in [0, 0.1) is 12.8 Å². The van der Waals surface area contributed by atoms with Crippen molar-refractivity contribution in [2.24, 2.45) is 5.92 Å². The van der Waals surface area contributed by atoms with E-state index in [4.69, 9.17) is 0 Å². The van der Waals surface area contributed by atoms with Crippen LogP contribution < -0.4 is 5.56 Å².